The Bertz CT molecular complexity index is 585. The number of sulfonamides is 1. The van der Waals surface area contributed by atoms with Gasteiger partial charge in [-0.05, 0) is 32.0 Å². The van der Waals surface area contributed by atoms with Crippen molar-refractivity contribution in [3.8, 4) is 11.8 Å². The van der Waals surface area contributed by atoms with Gasteiger partial charge in [0, 0.05) is 5.56 Å². The SMILES string of the molecule is CC(C)S(=O)(=O)Nc1cc(C#CCO)ccc1Cl. The van der Waals surface area contributed by atoms with E-state index >= 15 is 0 Å². The Labute approximate surface area is 112 Å². The molecule has 4 nitrogen and oxygen atoms in total. The monoisotopic (exact) mass is 287 g/mol. The summed E-state index contributed by atoms with van der Waals surface area (Å²) in [4.78, 5) is 0. The smallest absolute Gasteiger partial charge is 0.235 e. The molecule has 0 aliphatic carbocycles. The number of aliphatic hydroxyl groups excluding tert-OH is 1. The van der Waals surface area contributed by atoms with Crippen molar-refractivity contribution in [2.75, 3.05) is 11.3 Å². The van der Waals surface area contributed by atoms with E-state index in [1.807, 2.05) is 0 Å². The molecule has 0 aromatic heterocycles. The van der Waals surface area contributed by atoms with Crippen LogP contribution < -0.4 is 4.72 Å². The first-order valence-corrected chi connectivity index (χ1v) is 7.20. The molecule has 0 saturated heterocycles. The first-order valence-electron chi connectivity index (χ1n) is 5.27. The Hall–Kier alpha value is -1.22. The zero-order valence-corrected chi connectivity index (χ0v) is 11.6. The maximum absolute atomic E-state index is 11.7. The third kappa shape index (κ3) is 3.91. The number of anilines is 1. The van der Waals surface area contributed by atoms with E-state index in [0.29, 0.717) is 10.6 Å². The molecule has 1 aromatic rings. The second-order valence-corrected chi connectivity index (χ2v) is 6.49. The first-order chi connectivity index (χ1) is 8.36. The van der Waals surface area contributed by atoms with Gasteiger partial charge in [0.15, 0.2) is 0 Å². The Morgan fingerprint density at radius 1 is 1.44 bits per heavy atom. The summed E-state index contributed by atoms with van der Waals surface area (Å²) in [6.45, 7) is 2.90. The molecule has 98 valence electrons. The Kier molecular flexibility index (Phi) is 5.03. The van der Waals surface area contributed by atoms with Gasteiger partial charge < -0.3 is 5.11 Å². The topological polar surface area (TPSA) is 66.4 Å². The molecule has 0 saturated carbocycles. The number of hydrogen-bond acceptors (Lipinski definition) is 3. The largest absolute Gasteiger partial charge is 0.384 e. The third-order valence-electron chi connectivity index (χ3n) is 2.15. The van der Waals surface area contributed by atoms with E-state index < -0.39 is 15.3 Å². The van der Waals surface area contributed by atoms with Gasteiger partial charge in [-0.2, -0.15) is 0 Å². The van der Waals surface area contributed by atoms with Crippen molar-refractivity contribution >= 4 is 27.3 Å². The van der Waals surface area contributed by atoms with Gasteiger partial charge in [0.05, 0.1) is 16.0 Å². The average molecular weight is 288 g/mol. The summed E-state index contributed by atoms with van der Waals surface area (Å²) in [7, 11) is -3.44. The lowest BCUT2D eigenvalue weighted by atomic mass is 10.2. The minimum atomic E-state index is -3.44. The molecular formula is C12H14ClNO3S. The highest BCUT2D eigenvalue weighted by Crippen LogP contribution is 2.24. The van der Waals surface area contributed by atoms with Gasteiger partial charge in [-0.25, -0.2) is 8.42 Å². The zero-order valence-electron chi connectivity index (χ0n) is 10.1. The lowest BCUT2D eigenvalue weighted by Gasteiger charge is -2.12. The summed E-state index contributed by atoms with van der Waals surface area (Å²) in [6.07, 6.45) is 0. The third-order valence-corrected chi connectivity index (χ3v) is 4.23. The van der Waals surface area contributed by atoms with Crippen molar-refractivity contribution in [1.29, 1.82) is 0 Å². The molecule has 0 aliphatic rings. The summed E-state index contributed by atoms with van der Waals surface area (Å²) in [6, 6.07) is 4.74. The lowest BCUT2D eigenvalue weighted by Crippen LogP contribution is -2.22. The Morgan fingerprint density at radius 2 is 2.11 bits per heavy atom. The van der Waals surface area contributed by atoms with Crippen molar-refractivity contribution in [2.45, 2.75) is 19.1 Å². The first kappa shape index (κ1) is 14.8. The summed E-state index contributed by atoms with van der Waals surface area (Å²) in [5.41, 5.74) is 0.866. The molecule has 0 radical (unpaired) electrons. The molecule has 0 heterocycles. The molecule has 0 atom stereocenters. The number of benzene rings is 1. The van der Waals surface area contributed by atoms with Crippen LogP contribution in [0.5, 0.6) is 0 Å². The van der Waals surface area contributed by atoms with Crippen LogP contribution in [0.3, 0.4) is 0 Å². The van der Waals surface area contributed by atoms with Gasteiger partial charge in [0.25, 0.3) is 0 Å². The van der Waals surface area contributed by atoms with Crippen molar-refractivity contribution in [3.63, 3.8) is 0 Å². The van der Waals surface area contributed by atoms with E-state index in [4.69, 9.17) is 16.7 Å². The standard InChI is InChI=1S/C12H14ClNO3S/c1-9(2)18(16,17)14-12-8-10(4-3-7-15)5-6-11(12)13/h5-6,8-9,14-15H,7H2,1-2H3. The van der Waals surface area contributed by atoms with E-state index in [1.54, 1.807) is 26.0 Å². The summed E-state index contributed by atoms with van der Waals surface area (Å²) in [5.74, 6) is 5.17. The highest BCUT2D eigenvalue weighted by Gasteiger charge is 2.17. The quantitative estimate of drug-likeness (QED) is 0.834. The molecule has 1 aromatic carbocycles. The molecule has 0 unspecified atom stereocenters. The van der Waals surface area contributed by atoms with Crippen LogP contribution in [0.2, 0.25) is 5.02 Å². The molecule has 2 N–H and O–H groups in total. The van der Waals surface area contributed by atoms with Gasteiger partial charge in [-0.3, -0.25) is 4.72 Å². The average Bonchev–Trinajstić information content (AvgIpc) is 2.29. The molecule has 0 spiro atoms. The van der Waals surface area contributed by atoms with E-state index in [-0.39, 0.29) is 12.3 Å². The van der Waals surface area contributed by atoms with Crippen molar-refractivity contribution < 1.29 is 13.5 Å². The molecule has 0 aliphatic heterocycles. The van der Waals surface area contributed by atoms with Crippen LogP contribution in [0.4, 0.5) is 5.69 Å². The normalized spacial score (nSPS) is 10.9. The fourth-order valence-corrected chi connectivity index (χ4v) is 2.03. The highest BCUT2D eigenvalue weighted by atomic mass is 35.5. The van der Waals surface area contributed by atoms with Crippen LogP contribution in [0, 0.1) is 11.8 Å². The number of nitrogens with one attached hydrogen (secondary N) is 1. The predicted octanol–water partition coefficient (Wildman–Crippen LogP) is 1.83. The number of rotatable bonds is 3. The molecule has 0 bridgehead atoms. The second-order valence-electron chi connectivity index (χ2n) is 3.85. The predicted molar refractivity (Wildman–Crippen MR) is 73.1 cm³/mol. The minimum Gasteiger partial charge on any atom is -0.384 e. The fourth-order valence-electron chi connectivity index (χ4n) is 1.09. The van der Waals surface area contributed by atoms with E-state index in [2.05, 4.69) is 16.6 Å². The van der Waals surface area contributed by atoms with Crippen LogP contribution in [0.25, 0.3) is 0 Å². The molecule has 18 heavy (non-hydrogen) atoms. The maximum Gasteiger partial charge on any atom is 0.235 e. The summed E-state index contributed by atoms with van der Waals surface area (Å²) >= 11 is 5.92. The van der Waals surface area contributed by atoms with Crippen LogP contribution in [0.1, 0.15) is 19.4 Å². The number of aliphatic hydroxyl groups is 1. The van der Waals surface area contributed by atoms with Gasteiger partial charge >= 0.3 is 0 Å². The fraction of sp³-hybridized carbons (Fsp3) is 0.333. The van der Waals surface area contributed by atoms with Crippen molar-refractivity contribution in [2.24, 2.45) is 0 Å². The maximum atomic E-state index is 11.7. The van der Waals surface area contributed by atoms with Crippen LogP contribution in [0.15, 0.2) is 18.2 Å². The van der Waals surface area contributed by atoms with E-state index in [1.165, 1.54) is 6.07 Å². The van der Waals surface area contributed by atoms with Crippen LogP contribution >= 0.6 is 11.6 Å². The molecule has 6 heteroatoms. The van der Waals surface area contributed by atoms with Crippen molar-refractivity contribution in [3.05, 3.63) is 28.8 Å². The Balaban J connectivity index is 3.09. The number of hydrogen-bond donors (Lipinski definition) is 2. The second kappa shape index (κ2) is 6.10. The summed E-state index contributed by atoms with van der Waals surface area (Å²) < 4.78 is 25.9. The van der Waals surface area contributed by atoms with Gasteiger partial charge in [-0.1, -0.05) is 23.4 Å². The number of halogens is 1. The zero-order chi connectivity index (χ0) is 13.8. The molecular weight excluding hydrogens is 274 g/mol. The highest BCUT2D eigenvalue weighted by molar-refractivity contribution is 7.93. The van der Waals surface area contributed by atoms with Crippen LogP contribution in [-0.4, -0.2) is 25.4 Å². The van der Waals surface area contributed by atoms with Gasteiger partial charge in [0.2, 0.25) is 10.0 Å². The molecule has 0 amide bonds. The van der Waals surface area contributed by atoms with Crippen LogP contribution in [-0.2, 0) is 10.0 Å². The summed E-state index contributed by atoms with van der Waals surface area (Å²) in [5, 5.41) is 8.34. The Morgan fingerprint density at radius 3 is 2.67 bits per heavy atom. The van der Waals surface area contributed by atoms with Gasteiger partial charge in [-0.15, -0.1) is 0 Å². The molecule has 1 rings (SSSR count). The molecule has 0 fully saturated rings. The van der Waals surface area contributed by atoms with E-state index in [0.717, 1.165) is 0 Å². The van der Waals surface area contributed by atoms with Gasteiger partial charge in [0.1, 0.15) is 6.61 Å². The van der Waals surface area contributed by atoms with Crippen molar-refractivity contribution in [1.82, 2.24) is 0 Å². The van der Waals surface area contributed by atoms with E-state index in [9.17, 15) is 8.42 Å². The lowest BCUT2D eigenvalue weighted by molar-refractivity contribution is 0.350. The minimum absolute atomic E-state index is 0.254.